The molecule has 2 N–H and O–H groups in total. The lowest BCUT2D eigenvalue weighted by molar-refractivity contribution is 0.325. The molecule has 0 saturated carbocycles. The molecule has 1 aromatic carbocycles. The first-order chi connectivity index (χ1) is 10.1. The van der Waals surface area contributed by atoms with Gasteiger partial charge in [-0.05, 0) is 38.5 Å². The first-order valence-corrected chi connectivity index (χ1v) is 7.20. The highest BCUT2D eigenvalue weighted by atomic mass is 16.5. The van der Waals surface area contributed by atoms with Crippen LogP contribution < -0.4 is 15.4 Å². The number of nitrogens with zero attached hydrogens (tertiary/aromatic N) is 3. The maximum absolute atomic E-state index is 5.84. The lowest BCUT2D eigenvalue weighted by atomic mass is 10.2. The Labute approximate surface area is 125 Å². The average Bonchev–Trinajstić information content (AvgIpc) is 2.44. The van der Waals surface area contributed by atoms with Crippen LogP contribution in [0.1, 0.15) is 25.2 Å². The van der Waals surface area contributed by atoms with Crippen LogP contribution in [0.3, 0.4) is 0 Å². The van der Waals surface area contributed by atoms with Gasteiger partial charge < -0.3 is 15.4 Å². The lowest BCUT2D eigenvalue weighted by Gasteiger charge is -2.23. The van der Waals surface area contributed by atoms with E-state index in [0.717, 1.165) is 30.2 Å². The summed E-state index contributed by atoms with van der Waals surface area (Å²) in [5.41, 5.74) is 7.77. The van der Waals surface area contributed by atoms with Gasteiger partial charge in [-0.3, -0.25) is 0 Å². The number of aromatic nitrogens is 2. The van der Waals surface area contributed by atoms with Gasteiger partial charge in [0.25, 0.3) is 0 Å². The van der Waals surface area contributed by atoms with Crippen molar-refractivity contribution in [3.05, 3.63) is 41.7 Å². The summed E-state index contributed by atoms with van der Waals surface area (Å²) < 4.78 is 5.49. The van der Waals surface area contributed by atoms with E-state index >= 15 is 0 Å². The van der Waals surface area contributed by atoms with Crippen LogP contribution in [0.15, 0.2) is 30.3 Å². The Hall–Kier alpha value is -2.30. The number of hydrogen-bond donors (Lipinski definition) is 1. The van der Waals surface area contributed by atoms with Crippen LogP contribution in [0.4, 0.5) is 11.5 Å². The van der Waals surface area contributed by atoms with Gasteiger partial charge in [-0.15, -0.1) is 0 Å². The molecule has 5 nitrogen and oxygen atoms in total. The Morgan fingerprint density at radius 3 is 2.67 bits per heavy atom. The molecule has 0 amide bonds. The van der Waals surface area contributed by atoms with E-state index in [1.165, 1.54) is 0 Å². The minimum Gasteiger partial charge on any atom is -0.478 e. The van der Waals surface area contributed by atoms with Gasteiger partial charge in [0.1, 0.15) is 11.6 Å². The minimum atomic E-state index is 0.594. The molecule has 0 aliphatic heterocycles. The molecule has 0 saturated heterocycles. The largest absolute Gasteiger partial charge is 0.478 e. The van der Waals surface area contributed by atoms with Crippen LogP contribution in [0, 0.1) is 6.92 Å². The fourth-order valence-electron chi connectivity index (χ4n) is 2.18. The maximum atomic E-state index is 5.84. The zero-order valence-corrected chi connectivity index (χ0v) is 12.8. The smallest absolute Gasteiger partial charge is 0.218 e. The van der Waals surface area contributed by atoms with E-state index in [9.17, 15) is 0 Å². The van der Waals surface area contributed by atoms with Gasteiger partial charge in [-0.2, -0.15) is 4.98 Å². The second kappa shape index (κ2) is 6.92. The van der Waals surface area contributed by atoms with E-state index in [4.69, 9.17) is 10.5 Å². The molecule has 21 heavy (non-hydrogen) atoms. The number of nitrogen functional groups attached to an aromatic ring is 1. The van der Waals surface area contributed by atoms with E-state index in [-0.39, 0.29) is 0 Å². The van der Waals surface area contributed by atoms with Crippen LogP contribution in [-0.2, 0) is 6.54 Å². The van der Waals surface area contributed by atoms with Crippen molar-refractivity contribution in [1.82, 2.24) is 9.97 Å². The number of aryl methyl sites for hydroxylation is 1. The number of nitrogens with two attached hydrogens (primary N) is 1. The SMILES string of the molecule is CCOc1cc(N(CC)Cc2cccc(N)c2)nc(C)n1. The number of rotatable bonds is 6. The fourth-order valence-corrected chi connectivity index (χ4v) is 2.18. The van der Waals surface area contributed by atoms with E-state index < -0.39 is 0 Å². The Kier molecular flexibility index (Phi) is 4.98. The molecular weight excluding hydrogens is 264 g/mol. The van der Waals surface area contributed by atoms with Crippen molar-refractivity contribution in [3.63, 3.8) is 0 Å². The molecule has 0 radical (unpaired) electrons. The summed E-state index contributed by atoms with van der Waals surface area (Å²) in [5.74, 6) is 2.20. The van der Waals surface area contributed by atoms with Gasteiger partial charge in [-0.1, -0.05) is 12.1 Å². The molecule has 112 valence electrons. The molecule has 0 unspecified atom stereocenters. The summed E-state index contributed by atoms with van der Waals surface area (Å²) in [7, 11) is 0. The summed E-state index contributed by atoms with van der Waals surface area (Å²) in [6.07, 6.45) is 0. The molecule has 0 atom stereocenters. The molecular formula is C16H22N4O. The second-order valence-electron chi connectivity index (χ2n) is 4.80. The zero-order valence-electron chi connectivity index (χ0n) is 12.8. The summed E-state index contributed by atoms with van der Waals surface area (Å²) in [6, 6.07) is 9.79. The number of benzene rings is 1. The molecule has 1 heterocycles. The number of hydrogen-bond acceptors (Lipinski definition) is 5. The van der Waals surface area contributed by atoms with E-state index in [1.54, 1.807) is 0 Å². The van der Waals surface area contributed by atoms with E-state index in [1.807, 2.05) is 38.1 Å². The standard InChI is InChI=1S/C16H22N4O/c1-4-20(11-13-7-6-8-14(17)9-13)15-10-16(21-5-2)19-12(3)18-15/h6-10H,4-5,11,17H2,1-3H3. The minimum absolute atomic E-state index is 0.594. The Bertz CT molecular complexity index is 601. The second-order valence-corrected chi connectivity index (χ2v) is 4.80. The predicted octanol–water partition coefficient (Wildman–Crippen LogP) is 2.79. The molecule has 0 spiro atoms. The number of anilines is 2. The van der Waals surface area contributed by atoms with Crippen molar-refractivity contribution in [2.45, 2.75) is 27.3 Å². The average molecular weight is 286 g/mol. The summed E-state index contributed by atoms with van der Waals surface area (Å²) in [4.78, 5) is 11.0. The Balaban J connectivity index is 2.24. The predicted molar refractivity (Wildman–Crippen MR) is 85.5 cm³/mol. The van der Waals surface area contributed by atoms with Crippen molar-refractivity contribution in [2.24, 2.45) is 0 Å². The monoisotopic (exact) mass is 286 g/mol. The molecule has 5 heteroatoms. The van der Waals surface area contributed by atoms with Crippen LogP contribution in [0.25, 0.3) is 0 Å². The topological polar surface area (TPSA) is 64.3 Å². The van der Waals surface area contributed by atoms with E-state index in [0.29, 0.717) is 18.3 Å². The van der Waals surface area contributed by atoms with Gasteiger partial charge in [0.15, 0.2) is 0 Å². The fraction of sp³-hybridized carbons (Fsp3) is 0.375. The molecule has 0 aliphatic carbocycles. The van der Waals surface area contributed by atoms with Gasteiger partial charge in [-0.25, -0.2) is 4.98 Å². The molecule has 2 aromatic rings. The molecule has 0 bridgehead atoms. The summed E-state index contributed by atoms with van der Waals surface area (Å²) >= 11 is 0. The van der Waals surface area contributed by atoms with Gasteiger partial charge >= 0.3 is 0 Å². The van der Waals surface area contributed by atoms with Crippen LogP contribution in [0.2, 0.25) is 0 Å². The Morgan fingerprint density at radius 1 is 1.19 bits per heavy atom. The van der Waals surface area contributed by atoms with Crippen LogP contribution in [-0.4, -0.2) is 23.1 Å². The van der Waals surface area contributed by atoms with Crippen molar-refractivity contribution in [3.8, 4) is 5.88 Å². The summed E-state index contributed by atoms with van der Waals surface area (Å²) in [5, 5.41) is 0. The Morgan fingerprint density at radius 2 is 2.00 bits per heavy atom. The van der Waals surface area contributed by atoms with E-state index in [2.05, 4.69) is 27.9 Å². The highest BCUT2D eigenvalue weighted by Gasteiger charge is 2.10. The third kappa shape index (κ3) is 4.08. The third-order valence-electron chi connectivity index (χ3n) is 3.12. The van der Waals surface area contributed by atoms with Crippen molar-refractivity contribution < 1.29 is 4.74 Å². The highest BCUT2D eigenvalue weighted by Crippen LogP contribution is 2.20. The van der Waals surface area contributed by atoms with Gasteiger partial charge in [0.2, 0.25) is 5.88 Å². The zero-order chi connectivity index (χ0) is 15.2. The van der Waals surface area contributed by atoms with Crippen molar-refractivity contribution in [2.75, 3.05) is 23.8 Å². The summed E-state index contributed by atoms with van der Waals surface area (Å²) in [6.45, 7) is 8.11. The van der Waals surface area contributed by atoms with Crippen LogP contribution >= 0.6 is 0 Å². The first-order valence-electron chi connectivity index (χ1n) is 7.20. The molecule has 2 rings (SSSR count). The highest BCUT2D eigenvalue weighted by molar-refractivity contribution is 5.45. The van der Waals surface area contributed by atoms with Crippen LogP contribution in [0.5, 0.6) is 5.88 Å². The number of ether oxygens (including phenoxy) is 1. The molecule has 1 aromatic heterocycles. The quantitative estimate of drug-likeness (QED) is 0.827. The maximum Gasteiger partial charge on any atom is 0.218 e. The normalized spacial score (nSPS) is 10.4. The molecule has 0 aliphatic rings. The lowest BCUT2D eigenvalue weighted by Crippen LogP contribution is -2.23. The van der Waals surface area contributed by atoms with Crippen molar-refractivity contribution >= 4 is 11.5 Å². The molecule has 0 fully saturated rings. The first kappa shape index (κ1) is 15.1. The third-order valence-corrected chi connectivity index (χ3v) is 3.12. The van der Waals surface area contributed by atoms with Gasteiger partial charge in [0, 0.05) is 24.8 Å². The van der Waals surface area contributed by atoms with Crippen molar-refractivity contribution in [1.29, 1.82) is 0 Å². The van der Waals surface area contributed by atoms with Gasteiger partial charge in [0.05, 0.1) is 6.61 Å².